The molecule has 0 aliphatic carbocycles. The summed E-state index contributed by atoms with van der Waals surface area (Å²) in [6.45, 7) is 1.99. The Kier molecular flexibility index (Phi) is 1.89. The number of hydrogen-bond donors (Lipinski definition) is 1. The maximum Gasteiger partial charge on any atom is 0.192 e. The number of rotatable bonds is 1. The van der Waals surface area contributed by atoms with Crippen LogP contribution in [0.25, 0.3) is 10.9 Å². The van der Waals surface area contributed by atoms with Crippen LogP contribution in [-0.4, -0.2) is 4.98 Å². The number of H-pyrrole nitrogens is 1. The Morgan fingerprint density at radius 3 is 2.85 bits per heavy atom. The SMILES string of the molecule is CCc1c[nH]c2ccccc2c1=O. The zero-order valence-corrected chi connectivity index (χ0v) is 7.50. The quantitative estimate of drug-likeness (QED) is 0.703. The highest BCUT2D eigenvalue weighted by molar-refractivity contribution is 5.78. The van der Waals surface area contributed by atoms with Gasteiger partial charge in [-0.15, -0.1) is 0 Å². The highest BCUT2D eigenvalue weighted by Crippen LogP contribution is 2.06. The van der Waals surface area contributed by atoms with E-state index >= 15 is 0 Å². The third-order valence-electron chi connectivity index (χ3n) is 2.25. The number of pyridine rings is 1. The number of fused-ring (bicyclic) bond motifs is 1. The summed E-state index contributed by atoms with van der Waals surface area (Å²) in [5, 5.41) is 0.779. The lowest BCUT2D eigenvalue weighted by Gasteiger charge is -1.99. The average molecular weight is 173 g/mol. The predicted molar refractivity (Wildman–Crippen MR) is 53.9 cm³/mol. The van der Waals surface area contributed by atoms with Crippen molar-refractivity contribution in [2.24, 2.45) is 0 Å². The van der Waals surface area contributed by atoms with Crippen molar-refractivity contribution >= 4 is 10.9 Å². The molecule has 1 aromatic heterocycles. The first-order valence-electron chi connectivity index (χ1n) is 4.42. The molecule has 1 N–H and O–H groups in total. The summed E-state index contributed by atoms with van der Waals surface area (Å²) in [5.41, 5.74) is 1.90. The van der Waals surface area contributed by atoms with Gasteiger partial charge in [0, 0.05) is 22.7 Å². The van der Waals surface area contributed by atoms with Crippen molar-refractivity contribution in [1.82, 2.24) is 4.98 Å². The summed E-state index contributed by atoms with van der Waals surface area (Å²) in [4.78, 5) is 14.9. The van der Waals surface area contributed by atoms with E-state index < -0.39 is 0 Å². The highest BCUT2D eigenvalue weighted by atomic mass is 16.1. The number of aromatic nitrogens is 1. The molecule has 0 bridgehead atoms. The first-order chi connectivity index (χ1) is 6.33. The fourth-order valence-electron chi connectivity index (χ4n) is 1.47. The number of benzene rings is 1. The molecule has 0 amide bonds. The van der Waals surface area contributed by atoms with Crippen LogP contribution >= 0.6 is 0 Å². The summed E-state index contributed by atoms with van der Waals surface area (Å²) in [5.74, 6) is 0. The van der Waals surface area contributed by atoms with Crippen molar-refractivity contribution in [3.05, 3.63) is 46.2 Å². The molecule has 2 aromatic rings. The second-order valence-electron chi connectivity index (χ2n) is 3.04. The van der Waals surface area contributed by atoms with Crippen molar-refractivity contribution in [3.8, 4) is 0 Å². The van der Waals surface area contributed by atoms with Crippen molar-refractivity contribution in [1.29, 1.82) is 0 Å². The van der Waals surface area contributed by atoms with E-state index in [1.807, 2.05) is 31.2 Å². The first kappa shape index (κ1) is 8.05. The summed E-state index contributed by atoms with van der Waals surface area (Å²) in [6.07, 6.45) is 2.57. The van der Waals surface area contributed by atoms with Crippen LogP contribution < -0.4 is 5.43 Å². The fraction of sp³-hybridized carbons (Fsp3) is 0.182. The van der Waals surface area contributed by atoms with E-state index in [1.165, 1.54) is 0 Å². The molecule has 0 fully saturated rings. The van der Waals surface area contributed by atoms with Gasteiger partial charge < -0.3 is 4.98 Å². The first-order valence-corrected chi connectivity index (χ1v) is 4.42. The van der Waals surface area contributed by atoms with E-state index in [0.717, 1.165) is 22.9 Å². The largest absolute Gasteiger partial charge is 0.361 e. The van der Waals surface area contributed by atoms with Crippen LogP contribution in [0.1, 0.15) is 12.5 Å². The van der Waals surface area contributed by atoms with Crippen molar-refractivity contribution in [3.63, 3.8) is 0 Å². The zero-order valence-electron chi connectivity index (χ0n) is 7.50. The molecule has 0 unspecified atom stereocenters. The molecular formula is C11H11NO. The molecule has 66 valence electrons. The molecule has 2 nitrogen and oxygen atoms in total. The summed E-state index contributed by atoms with van der Waals surface area (Å²) >= 11 is 0. The van der Waals surface area contributed by atoms with Gasteiger partial charge in [-0.05, 0) is 18.6 Å². The highest BCUT2D eigenvalue weighted by Gasteiger charge is 2.01. The molecule has 13 heavy (non-hydrogen) atoms. The molecule has 2 rings (SSSR count). The minimum Gasteiger partial charge on any atom is -0.361 e. The summed E-state index contributed by atoms with van der Waals surface area (Å²) < 4.78 is 0. The van der Waals surface area contributed by atoms with Crippen LogP contribution in [-0.2, 0) is 6.42 Å². The van der Waals surface area contributed by atoms with E-state index in [2.05, 4.69) is 4.98 Å². The van der Waals surface area contributed by atoms with Crippen molar-refractivity contribution in [2.75, 3.05) is 0 Å². The van der Waals surface area contributed by atoms with Gasteiger partial charge in [0.2, 0.25) is 0 Å². The lowest BCUT2D eigenvalue weighted by atomic mass is 10.1. The van der Waals surface area contributed by atoms with Crippen LogP contribution in [0, 0.1) is 0 Å². The third kappa shape index (κ3) is 1.24. The van der Waals surface area contributed by atoms with Crippen LogP contribution in [0.15, 0.2) is 35.3 Å². The van der Waals surface area contributed by atoms with Gasteiger partial charge in [0.05, 0.1) is 0 Å². The molecular weight excluding hydrogens is 162 g/mol. The normalized spacial score (nSPS) is 10.5. The molecule has 0 aliphatic rings. The summed E-state index contributed by atoms with van der Waals surface area (Å²) in [6, 6.07) is 7.57. The number of para-hydroxylation sites is 1. The number of hydrogen-bond acceptors (Lipinski definition) is 1. The Morgan fingerprint density at radius 2 is 2.08 bits per heavy atom. The Labute approximate surface area is 76.2 Å². The van der Waals surface area contributed by atoms with E-state index in [4.69, 9.17) is 0 Å². The maximum atomic E-state index is 11.7. The van der Waals surface area contributed by atoms with Crippen molar-refractivity contribution < 1.29 is 0 Å². The maximum absolute atomic E-state index is 11.7. The zero-order chi connectivity index (χ0) is 9.26. The molecule has 0 saturated heterocycles. The molecule has 0 aliphatic heterocycles. The van der Waals surface area contributed by atoms with Gasteiger partial charge in [0.25, 0.3) is 0 Å². The predicted octanol–water partition coefficient (Wildman–Crippen LogP) is 2.09. The molecule has 1 aromatic carbocycles. The smallest absolute Gasteiger partial charge is 0.192 e. The number of aromatic amines is 1. The lowest BCUT2D eigenvalue weighted by molar-refractivity contribution is 1.10. The topological polar surface area (TPSA) is 32.9 Å². The molecule has 0 radical (unpaired) electrons. The summed E-state index contributed by atoms with van der Waals surface area (Å²) in [7, 11) is 0. The lowest BCUT2D eigenvalue weighted by Crippen LogP contribution is -2.08. The van der Waals surface area contributed by atoms with Crippen LogP contribution in [0.3, 0.4) is 0 Å². The molecule has 1 heterocycles. The van der Waals surface area contributed by atoms with E-state index in [1.54, 1.807) is 6.20 Å². The van der Waals surface area contributed by atoms with Crippen LogP contribution in [0.2, 0.25) is 0 Å². The number of nitrogens with one attached hydrogen (secondary N) is 1. The van der Waals surface area contributed by atoms with Crippen LogP contribution in [0.5, 0.6) is 0 Å². The second-order valence-corrected chi connectivity index (χ2v) is 3.04. The number of aryl methyl sites for hydroxylation is 1. The Hall–Kier alpha value is -1.57. The van der Waals surface area contributed by atoms with Crippen LogP contribution in [0.4, 0.5) is 0 Å². The van der Waals surface area contributed by atoms with Gasteiger partial charge in [0.15, 0.2) is 5.43 Å². The van der Waals surface area contributed by atoms with Crippen molar-refractivity contribution in [2.45, 2.75) is 13.3 Å². The molecule has 2 heteroatoms. The average Bonchev–Trinajstić information content (AvgIpc) is 2.19. The van der Waals surface area contributed by atoms with Gasteiger partial charge in [-0.3, -0.25) is 4.79 Å². The Bertz CT molecular complexity index is 485. The van der Waals surface area contributed by atoms with E-state index in [9.17, 15) is 4.79 Å². The molecule has 0 spiro atoms. The van der Waals surface area contributed by atoms with E-state index in [-0.39, 0.29) is 5.43 Å². The van der Waals surface area contributed by atoms with E-state index in [0.29, 0.717) is 0 Å². The Morgan fingerprint density at radius 1 is 1.31 bits per heavy atom. The monoisotopic (exact) mass is 173 g/mol. The standard InChI is InChI=1S/C11H11NO/c1-2-8-7-12-10-6-4-3-5-9(10)11(8)13/h3-7H,2H2,1H3,(H,12,13). The fourth-order valence-corrected chi connectivity index (χ4v) is 1.47. The van der Waals surface area contributed by atoms with Gasteiger partial charge in [-0.1, -0.05) is 19.1 Å². The molecule has 0 atom stereocenters. The minimum absolute atomic E-state index is 0.150. The van der Waals surface area contributed by atoms with Gasteiger partial charge in [0.1, 0.15) is 0 Å². The third-order valence-corrected chi connectivity index (χ3v) is 2.25. The van der Waals surface area contributed by atoms with Gasteiger partial charge >= 0.3 is 0 Å². The second kappa shape index (κ2) is 3.05. The van der Waals surface area contributed by atoms with Gasteiger partial charge in [-0.25, -0.2) is 0 Å². The minimum atomic E-state index is 0.150. The molecule has 0 saturated carbocycles. The Balaban J connectivity index is 2.87. The van der Waals surface area contributed by atoms with Gasteiger partial charge in [-0.2, -0.15) is 0 Å².